The number of aldehydes is 2. The van der Waals surface area contributed by atoms with Crippen LogP contribution in [-0.2, 0) is 0 Å². The molecule has 2 aromatic carbocycles. The third-order valence-electron chi connectivity index (χ3n) is 3.07. The van der Waals surface area contributed by atoms with E-state index in [4.69, 9.17) is 9.47 Å². The Morgan fingerprint density at radius 1 is 0.769 bits per heavy atom. The van der Waals surface area contributed by atoms with Gasteiger partial charge >= 0.3 is 11.4 Å². The summed E-state index contributed by atoms with van der Waals surface area (Å²) in [7, 11) is 2.63. The van der Waals surface area contributed by atoms with Crippen molar-refractivity contribution < 1.29 is 28.9 Å². The molecule has 26 heavy (non-hydrogen) atoms. The van der Waals surface area contributed by atoms with Gasteiger partial charge < -0.3 is 9.47 Å². The number of ether oxygens (including phenoxy) is 2. The summed E-state index contributed by atoms with van der Waals surface area (Å²) in [5.41, 5.74) is 0.408. The smallest absolute Gasteiger partial charge is 0.310 e. The van der Waals surface area contributed by atoms with E-state index < -0.39 is 9.85 Å². The fourth-order valence-corrected chi connectivity index (χ4v) is 1.84. The van der Waals surface area contributed by atoms with Crippen molar-refractivity contribution in [1.29, 1.82) is 0 Å². The molecule has 0 unspecified atom stereocenters. The first-order chi connectivity index (χ1) is 12.4. The van der Waals surface area contributed by atoms with Crippen molar-refractivity contribution in [2.75, 3.05) is 14.2 Å². The molecular weight excluding hydrogens is 348 g/mol. The molecule has 0 saturated heterocycles. The summed E-state index contributed by atoms with van der Waals surface area (Å²) >= 11 is 0. The van der Waals surface area contributed by atoms with Crippen molar-refractivity contribution in [3.05, 3.63) is 67.8 Å². The van der Waals surface area contributed by atoms with Crippen LogP contribution in [0.5, 0.6) is 11.5 Å². The molecule has 0 amide bonds. The number of rotatable bonds is 6. The molecule has 0 spiro atoms. The van der Waals surface area contributed by atoms with Crippen LogP contribution in [0.1, 0.15) is 20.7 Å². The molecule has 136 valence electrons. The van der Waals surface area contributed by atoms with Gasteiger partial charge in [-0.2, -0.15) is 0 Å². The number of nitro groups is 2. The molecule has 0 aliphatic rings. The number of hydrogen-bond donors (Lipinski definition) is 0. The number of methoxy groups -OCH3 is 2. The highest BCUT2D eigenvalue weighted by atomic mass is 16.6. The van der Waals surface area contributed by atoms with E-state index in [0.717, 1.165) is 0 Å². The van der Waals surface area contributed by atoms with E-state index in [1.54, 1.807) is 0 Å². The van der Waals surface area contributed by atoms with E-state index in [2.05, 4.69) is 0 Å². The van der Waals surface area contributed by atoms with E-state index in [-0.39, 0.29) is 22.9 Å². The van der Waals surface area contributed by atoms with Crippen molar-refractivity contribution in [3.8, 4) is 11.5 Å². The van der Waals surface area contributed by atoms with E-state index >= 15 is 0 Å². The summed E-state index contributed by atoms with van der Waals surface area (Å²) in [6, 6.07) is 7.86. The standard InChI is InChI=1S/2C8H7NO4/c2*1-13-8-4-6(5-10)2-3-7(8)9(11)12/h2*2-5H,1H3. The highest BCUT2D eigenvalue weighted by molar-refractivity contribution is 5.77. The summed E-state index contributed by atoms with van der Waals surface area (Å²) < 4.78 is 9.50. The first kappa shape index (κ1) is 20.2. The Bertz CT molecular complexity index is 765. The maximum Gasteiger partial charge on any atom is 0.310 e. The Labute approximate surface area is 147 Å². The normalized spacial score (nSPS) is 9.31. The lowest BCUT2D eigenvalue weighted by Gasteiger charge is -2.00. The fourth-order valence-electron chi connectivity index (χ4n) is 1.84. The van der Waals surface area contributed by atoms with Gasteiger partial charge in [-0.15, -0.1) is 0 Å². The van der Waals surface area contributed by atoms with Crippen LogP contribution in [0.25, 0.3) is 0 Å². The number of hydrogen-bond acceptors (Lipinski definition) is 8. The molecule has 2 rings (SSSR count). The minimum atomic E-state index is -0.562. The van der Waals surface area contributed by atoms with Crippen LogP contribution in [0.15, 0.2) is 36.4 Å². The van der Waals surface area contributed by atoms with Gasteiger partial charge in [0.1, 0.15) is 12.6 Å². The molecule has 0 saturated carbocycles. The molecule has 2 aromatic rings. The van der Waals surface area contributed by atoms with Crippen LogP contribution in [0.3, 0.4) is 0 Å². The molecule has 0 aliphatic heterocycles. The van der Waals surface area contributed by atoms with Gasteiger partial charge in [0, 0.05) is 23.3 Å². The number of carbonyl (C=O) groups is 2. The first-order valence-electron chi connectivity index (χ1n) is 6.93. The van der Waals surface area contributed by atoms with Crippen molar-refractivity contribution in [2.45, 2.75) is 0 Å². The van der Waals surface area contributed by atoms with Gasteiger partial charge in [0.25, 0.3) is 0 Å². The molecule has 0 atom stereocenters. The van der Waals surface area contributed by atoms with E-state index in [9.17, 15) is 29.8 Å². The largest absolute Gasteiger partial charge is 0.490 e. The molecular formula is C16H14N2O8. The fraction of sp³-hybridized carbons (Fsp3) is 0.125. The molecule has 10 nitrogen and oxygen atoms in total. The first-order valence-corrected chi connectivity index (χ1v) is 6.93. The third kappa shape index (κ3) is 5.09. The molecule has 0 bridgehead atoms. The second-order valence-electron chi connectivity index (χ2n) is 4.61. The van der Waals surface area contributed by atoms with Gasteiger partial charge in [-0.3, -0.25) is 29.8 Å². The maximum atomic E-state index is 10.4. The van der Waals surface area contributed by atoms with Crippen LogP contribution >= 0.6 is 0 Å². The zero-order chi connectivity index (χ0) is 19.7. The third-order valence-corrected chi connectivity index (χ3v) is 3.07. The summed E-state index contributed by atoms with van der Waals surface area (Å²) in [4.78, 5) is 40.4. The lowest BCUT2D eigenvalue weighted by atomic mass is 10.2. The Balaban J connectivity index is 0.000000260. The minimum absolute atomic E-state index is 0.0922. The zero-order valence-electron chi connectivity index (χ0n) is 13.8. The van der Waals surface area contributed by atoms with E-state index in [1.165, 1.54) is 50.6 Å². The van der Waals surface area contributed by atoms with Crippen molar-refractivity contribution in [1.82, 2.24) is 0 Å². The Hall–Kier alpha value is -3.82. The molecule has 0 fully saturated rings. The van der Waals surface area contributed by atoms with Crippen LogP contribution in [-0.4, -0.2) is 36.6 Å². The number of carbonyl (C=O) groups excluding carboxylic acids is 2. The Kier molecular flexibility index (Phi) is 7.37. The predicted molar refractivity (Wildman–Crippen MR) is 90.1 cm³/mol. The molecule has 0 N–H and O–H groups in total. The molecule has 0 aromatic heterocycles. The monoisotopic (exact) mass is 362 g/mol. The lowest BCUT2D eigenvalue weighted by molar-refractivity contribution is -0.385. The van der Waals surface area contributed by atoms with Gasteiger partial charge in [-0.1, -0.05) is 0 Å². The van der Waals surface area contributed by atoms with Crippen LogP contribution in [0.2, 0.25) is 0 Å². The second kappa shape index (κ2) is 9.47. The van der Waals surface area contributed by atoms with Crippen molar-refractivity contribution in [3.63, 3.8) is 0 Å². The van der Waals surface area contributed by atoms with Crippen molar-refractivity contribution >= 4 is 23.9 Å². The molecule has 0 radical (unpaired) electrons. The number of benzene rings is 2. The van der Waals surface area contributed by atoms with Gasteiger partial charge in [-0.05, 0) is 24.3 Å². The van der Waals surface area contributed by atoms with Gasteiger partial charge in [0.2, 0.25) is 0 Å². The van der Waals surface area contributed by atoms with Gasteiger partial charge in [0.05, 0.1) is 24.1 Å². The summed E-state index contributed by atoms with van der Waals surface area (Å²) in [5, 5.41) is 20.8. The zero-order valence-corrected chi connectivity index (χ0v) is 13.8. The molecule has 0 aliphatic carbocycles. The van der Waals surface area contributed by atoms with Crippen molar-refractivity contribution in [2.24, 2.45) is 0 Å². The highest BCUT2D eigenvalue weighted by Gasteiger charge is 2.14. The second-order valence-corrected chi connectivity index (χ2v) is 4.61. The topological polar surface area (TPSA) is 139 Å². The summed E-state index contributed by atoms with van der Waals surface area (Å²) in [6.07, 6.45) is 1.21. The Morgan fingerprint density at radius 3 is 1.35 bits per heavy atom. The summed E-state index contributed by atoms with van der Waals surface area (Å²) in [5.74, 6) is 0.184. The SMILES string of the molecule is COc1cc(C=O)ccc1[N+](=O)[O-].COc1cc(C=O)ccc1[N+](=O)[O-]. The quantitative estimate of drug-likeness (QED) is 0.434. The lowest BCUT2D eigenvalue weighted by Crippen LogP contribution is -1.94. The van der Waals surface area contributed by atoms with Crippen LogP contribution in [0.4, 0.5) is 11.4 Å². The maximum absolute atomic E-state index is 10.4. The average molecular weight is 362 g/mol. The Morgan fingerprint density at radius 2 is 1.12 bits per heavy atom. The summed E-state index contributed by atoms with van der Waals surface area (Å²) in [6.45, 7) is 0. The predicted octanol–water partition coefficient (Wildman–Crippen LogP) is 2.83. The van der Waals surface area contributed by atoms with E-state index in [0.29, 0.717) is 23.7 Å². The highest BCUT2D eigenvalue weighted by Crippen LogP contribution is 2.27. The molecule has 0 heterocycles. The van der Waals surface area contributed by atoms with Crippen LogP contribution in [0, 0.1) is 20.2 Å². The van der Waals surface area contributed by atoms with Crippen LogP contribution < -0.4 is 9.47 Å². The average Bonchev–Trinajstić information content (AvgIpc) is 2.66. The van der Waals surface area contributed by atoms with E-state index in [1.807, 2.05) is 0 Å². The van der Waals surface area contributed by atoms with Gasteiger partial charge in [-0.25, -0.2) is 0 Å². The minimum Gasteiger partial charge on any atom is -0.490 e. The number of nitro benzene ring substituents is 2. The van der Waals surface area contributed by atoms with Gasteiger partial charge in [0.15, 0.2) is 11.5 Å². The molecule has 10 heteroatoms. The number of nitrogens with zero attached hydrogens (tertiary/aromatic N) is 2.